The van der Waals surface area contributed by atoms with E-state index in [2.05, 4.69) is 4.98 Å². The molecule has 1 N–H and O–H groups in total. The van der Waals surface area contributed by atoms with Crippen LogP contribution in [0.1, 0.15) is 66.2 Å². The first-order valence-electron chi connectivity index (χ1n) is 7.49. The highest BCUT2D eigenvalue weighted by Crippen LogP contribution is 2.22. The number of ether oxygens (including phenoxy) is 2. The largest absolute Gasteiger partial charge is 0.465 e. The van der Waals surface area contributed by atoms with E-state index in [-0.39, 0.29) is 23.3 Å². The Balaban J connectivity index is 2.94. The number of carbonyl (C=O) groups is 3. The fourth-order valence-electron chi connectivity index (χ4n) is 2.33. The quantitative estimate of drug-likeness (QED) is 0.665. The van der Waals surface area contributed by atoms with Gasteiger partial charge in [-0.2, -0.15) is 0 Å². The van der Waals surface area contributed by atoms with Crippen LogP contribution in [0.25, 0.3) is 0 Å². The normalized spacial score (nSPS) is 12.7. The number of rotatable bonds is 5. The third-order valence-electron chi connectivity index (χ3n) is 3.43. The third kappa shape index (κ3) is 4.68. The number of methoxy groups -OCH3 is 1. The Labute approximate surface area is 136 Å². The Bertz CT molecular complexity index is 622. The Morgan fingerprint density at radius 1 is 1.17 bits per heavy atom. The molecule has 0 saturated carbocycles. The molecular formula is C17H25NO5. The number of carbonyl (C=O) groups excluding carboxylic acids is 3. The minimum absolute atomic E-state index is 0.211. The van der Waals surface area contributed by atoms with Gasteiger partial charge in [0.25, 0.3) is 0 Å². The number of ketones is 1. The van der Waals surface area contributed by atoms with Gasteiger partial charge in [-0.1, -0.05) is 20.8 Å². The molecule has 6 nitrogen and oxygen atoms in total. The van der Waals surface area contributed by atoms with E-state index in [1.54, 1.807) is 13.8 Å². The van der Waals surface area contributed by atoms with Crippen molar-refractivity contribution in [3.05, 3.63) is 22.5 Å². The average Bonchev–Trinajstić information content (AvgIpc) is 2.70. The number of hydrogen-bond donors (Lipinski definition) is 1. The smallest absolute Gasteiger partial charge is 0.339 e. The number of aryl methyl sites for hydroxylation is 1. The summed E-state index contributed by atoms with van der Waals surface area (Å²) in [6.45, 7) is 10.6. The fraction of sp³-hybridized carbons (Fsp3) is 0.588. The average molecular weight is 323 g/mol. The van der Waals surface area contributed by atoms with Gasteiger partial charge in [-0.05, 0) is 31.7 Å². The molecular weight excluding hydrogens is 298 g/mol. The van der Waals surface area contributed by atoms with Crippen LogP contribution >= 0.6 is 0 Å². The van der Waals surface area contributed by atoms with Crippen molar-refractivity contribution in [3.8, 4) is 0 Å². The van der Waals surface area contributed by atoms with Crippen LogP contribution < -0.4 is 0 Å². The van der Waals surface area contributed by atoms with E-state index in [0.717, 1.165) is 0 Å². The maximum absolute atomic E-state index is 12.5. The van der Waals surface area contributed by atoms with Crippen molar-refractivity contribution in [2.45, 2.75) is 54.1 Å². The number of aromatic nitrogens is 1. The second-order valence-electron chi connectivity index (χ2n) is 6.85. The van der Waals surface area contributed by atoms with Crippen molar-refractivity contribution in [3.63, 3.8) is 0 Å². The van der Waals surface area contributed by atoms with Crippen molar-refractivity contribution in [1.82, 2.24) is 4.98 Å². The van der Waals surface area contributed by atoms with E-state index in [0.29, 0.717) is 16.8 Å². The number of Topliss-reactive ketones (excluding diaryl/α,β-unsaturated/α-hetero) is 1. The molecule has 0 bridgehead atoms. The summed E-state index contributed by atoms with van der Waals surface area (Å²) in [5, 5.41) is 0. The van der Waals surface area contributed by atoms with E-state index >= 15 is 0 Å². The molecule has 0 aliphatic heterocycles. The van der Waals surface area contributed by atoms with Crippen LogP contribution in [0.3, 0.4) is 0 Å². The van der Waals surface area contributed by atoms with Gasteiger partial charge in [0.15, 0.2) is 6.10 Å². The summed E-state index contributed by atoms with van der Waals surface area (Å²) in [5.41, 5.74) is 1.43. The summed E-state index contributed by atoms with van der Waals surface area (Å²) < 4.78 is 9.92. The topological polar surface area (TPSA) is 85.5 Å². The maximum Gasteiger partial charge on any atom is 0.339 e. The van der Waals surface area contributed by atoms with Gasteiger partial charge in [0, 0.05) is 5.69 Å². The van der Waals surface area contributed by atoms with Gasteiger partial charge in [0.2, 0.25) is 5.78 Å². The van der Waals surface area contributed by atoms with Crippen molar-refractivity contribution >= 4 is 17.7 Å². The first-order chi connectivity index (χ1) is 10.5. The zero-order valence-electron chi connectivity index (χ0n) is 14.8. The molecule has 0 unspecified atom stereocenters. The van der Waals surface area contributed by atoms with E-state index in [4.69, 9.17) is 9.47 Å². The Kier molecular flexibility index (Phi) is 5.75. The second-order valence-corrected chi connectivity index (χ2v) is 6.85. The van der Waals surface area contributed by atoms with Gasteiger partial charge in [-0.15, -0.1) is 0 Å². The lowest BCUT2D eigenvalue weighted by Gasteiger charge is -2.19. The Hall–Kier alpha value is -2.11. The molecule has 0 saturated heterocycles. The minimum Gasteiger partial charge on any atom is -0.465 e. The monoisotopic (exact) mass is 323 g/mol. The van der Waals surface area contributed by atoms with Crippen LogP contribution in [0.5, 0.6) is 0 Å². The molecule has 0 spiro atoms. The fourth-order valence-corrected chi connectivity index (χ4v) is 2.33. The zero-order valence-corrected chi connectivity index (χ0v) is 14.8. The van der Waals surface area contributed by atoms with Gasteiger partial charge in [0.1, 0.15) is 0 Å². The Morgan fingerprint density at radius 3 is 2.22 bits per heavy atom. The van der Waals surface area contributed by atoms with Crippen molar-refractivity contribution in [1.29, 1.82) is 0 Å². The highest BCUT2D eigenvalue weighted by Gasteiger charge is 2.28. The van der Waals surface area contributed by atoms with Crippen LogP contribution in [-0.2, 0) is 14.3 Å². The van der Waals surface area contributed by atoms with Gasteiger partial charge >= 0.3 is 11.9 Å². The van der Waals surface area contributed by atoms with Crippen LogP contribution in [-0.4, -0.2) is 35.9 Å². The summed E-state index contributed by atoms with van der Waals surface area (Å²) in [4.78, 5) is 39.0. The zero-order chi connectivity index (χ0) is 17.9. The lowest BCUT2D eigenvalue weighted by molar-refractivity contribution is -0.148. The molecule has 0 fully saturated rings. The highest BCUT2D eigenvalue weighted by atomic mass is 16.5. The molecule has 0 aliphatic rings. The molecule has 1 aromatic heterocycles. The van der Waals surface area contributed by atoms with Crippen molar-refractivity contribution in [2.24, 2.45) is 5.41 Å². The summed E-state index contributed by atoms with van der Waals surface area (Å²) in [5.74, 6) is -1.30. The molecule has 1 atom stereocenters. The summed E-state index contributed by atoms with van der Waals surface area (Å²) in [6.07, 6.45) is -0.701. The van der Waals surface area contributed by atoms with Gasteiger partial charge < -0.3 is 14.5 Å². The van der Waals surface area contributed by atoms with Gasteiger partial charge in [-0.3, -0.25) is 9.59 Å². The molecule has 6 heteroatoms. The SMILES string of the molecule is COC(=O)c1c(C)[nH]c(C(=O)[C@@H](C)OC(=O)CC(C)(C)C)c1C. The number of nitrogens with one attached hydrogen (secondary N) is 1. The third-order valence-corrected chi connectivity index (χ3v) is 3.43. The molecule has 1 rings (SSSR count). The highest BCUT2D eigenvalue weighted by molar-refractivity contribution is 6.03. The molecule has 1 aromatic rings. The van der Waals surface area contributed by atoms with Gasteiger partial charge in [0.05, 0.1) is 24.8 Å². The van der Waals surface area contributed by atoms with E-state index < -0.39 is 18.0 Å². The molecule has 0 aliphatic carbocycles. The second kappa shape index (κ2) is 6.98. The van der Waals surface area contributed by atoms with Crippen LogP contribution in [0, 0.1) is 19.3 Å². The lowest BCUT2D eigenvalue weighted by atomic mass is 9.92. The molecule has 23 heavy (non-hydrogen) atoms. The van der Waals surface area contributed by atoms with Crippen LogP contribution in [0.15, 0.2) is 0 Å². The summed E-state index contributed by atoms with van der Waals surface area (Å²) in [6, 6.07) is 0. The molecule has 128 valence electrons. The number of esters is 2. The summed E-state index contributed by atoms with van der Waals surface area (Å²) >= 11 is 0. The minimum atomic E-state index is -0.924. The van der Waals surface area contributed by atoms with Crippen LogP contribution in [0.4, 0.5) is 0 Å². The summed E-state index contributed by atoms with van der Waals surface area (Å²) in [7, 11) is 1.28. The van der Waals surface area contributed by atoms with Crippen molar-refractivity contribution in [2.75, 3.05) is 7.11 Å². The Morgan fingerprint density at radius 2 is 1.74 bits per heavy atom. The van der Waals surface area contributed by atoms with Gasteiger partial charge in [-0.25, -0.2) is 4.79 Å². The molecule has 0 amide bonds. The number of aromatic amines is 1. The first-order valence-corrected chi connectivity index (χ1v) is 7.49. The number of H-pyrrole nitrogens is 1. The molecule has 0 aromatic carbocycles. The van der Waals surface area contributed by atoms with E-state index in [1.807, 2.05) is 20.8 Å². The van der Waals surface area contributed by atoms with E-state index in [1.165, 1.54) is 14.0 Å². The first kappa shape index (κ1) is 18.9. The lowest BCUT2D eigenvalue weighted by Crippen LogP contribution is -2.27. The maximum atomic E-state index is 12.5. The number of hydrogen-bond acceptors (Lipinski definition) is 5. The predicted octanol–water partition coefficient (Wildman–Crippen LogP) is 2.97. The van der Waals surface area contributed by atoms with Crippen molar-refractivity contribution < 1.29 is 23.9 Å². The molecule has 0 radical (unpaired) electrons. The molecule has 1 heterocycles. The van der Waals surface area contributed by atoms with E-state index in [9.17, 15) is 14.4 Å². The van der Waals surface area contributed by atoms with Crippen LogP contribution in [0.2, 0.25) is 0 Å². The predicted molar refractivity (Wildman–Crippen MR) is 85.6 cm³/mol. The standard InChI is InChI=1S/C17H25NO5/c1-9-13(16(21)22-7)10(2)18-14(9)15(20)11(3)23-12(19)8-17(4,5)6/h11,18H,8H2,1-7H3/t11-/m1/s1.